The number of fused-ring (bicyclic) bond motifs is 1. The van der Waals surface area contributed by atoms with Gasteiger partial charge >= 0.3 is 0 Å². The van der Waals surface area contributed by atoms with Crippen LogP contribution >= 0.6 is 23.1 Å². The number of hydrogen-bond donors (Lipinski definition) is 1. The molecule has 1 N–H and O–H groups in total. The van der Waals surface area contributed by atoms with E-state index in [0.717, 1.165) is 51.5 Å². The summed E-state index contributed by atoms with van der Waals surface area (Å²) in [6, 6.07) is 18.0. The minimum atomic E-state index is -0.0160. The number of carbonyl (C=O) groups is 1. The van der Waals surface area contributed by atoms with Gasteiger partial charge in [0.05, 0.1) is 18.7 Å². The van der Waals surface area contributed by atoms with Gasteiger partial charge in [-0.2, -0.15) is 0 Å². The van der Waals surface area contributed by atoms with Crippen molar-refractivity contribution in [2.75, 3.05) is 18.4 Å². The Morgan fingerprint density at radius 1 is 1.07 bits per heavy atom. The zero-order chi connectivity index (χ0) is 19.6. The molecule has 2 aromatic carbocycles. The number of thioether (sulfide) groups is 1. The van der Waals surface area contributed by atoms with Crippen LogP contribution in [0, 0.1) is 0 Å². The molecule has 0 unspecified atom stereocenters. The van der Waals surface area contributed by atoms with E-state index in [1.54, 1.807) is 23.1 Å². The molecule has 0 aliphatic carbocycles. The molecule has 5 rings (SSSR count). The number of nitrogens with one attached hydrogen (secondary N) is 1. The number of thiazole rings is 1. The molecule has 0 bridgehead atoms. The van der Waals surface area contributed by atoms with Crippen molar-refractivity contribution in [3.63, 3.8) is 0 Å². The van der Waals surface area contributed by atoms with Gasteiger partial charge in [-0.05, 0) is 17.5 Å². The summed E-state index contributed by atoms with van der Waals surface area (Å²) in [5.41, 5.74) is 4.92. The third-order valence-electron chi connectivity index (χ3n) is 4.78. The molecular formula is C22H18N4OS2. The Morgan fingerprint density at radius 3 is 2.72 bits per heavy atom. The van der Waals surface area contributed by atoms with E-state index in [-0.39, 0.29) is 5.91 Å². The zero-order valence-electron chi connectivity index (χ0n) is 15.5. The highest BCUT2D eigenvalue weighted by Crippen LogP contribution is 2.31. The average molecular weight is 419 g/mol. The lowest BCUT2D eigenvalue weighted by atomic mass is 10.1. The van der Waals surface area contributed by atoms with Crippen LogP contribution in [0.15, 0.2) is 76.1 Å². The van der Waals surface area contributed by atoms with Gasteiger partial charge in [0.25, 0.3) is 0 Å². The number of rotatable bonds is 5. The normalized spacial score (nSPS) is 15.1. The summed E-state index contributed by atoms with van der Waals surface area (Å²) in [4.78, 5) is 23.7. The maximum atomic E-state index is 12.4. The van der Waals surface area contributed by atoms with Crippen LogP contribution in [-0.4, -0.2) is 34.0 Å². The van der Waals surface area contributed by atoms with E-state index in [1.807, 2.05) is 47.9 Å². The smallest absolute Gasteiger partial charge is 0.230 e. The van der Waals surface area contributed by atoms with Gasteiger partial charge in [0, 0.05) is 34.4 Å². The fourth-order valence-corrected chi connectivity index (χ4v) is 5.12. The molecule has 0 fully saturated rings. The number of hydrogen-bond acceptors (Lipinski definition) is 6. The molecule has 0 saturated carbocycles. The molecule has 144 valence electrons. The molecule has 0 atom stereocenters. The van der Waals surface area contributed by atoms with Crippen molar-refractivity contribution in [2.24, 2.45) is 4.99 Å². The van der Waals surface area contributed by atoms with Crippen molar-refractivity contribution in [1.29, 1.82) is 0 Å². The van der Waals surface area contributed by atoms with Gasteiger partial charge < -0.3 is 10.2 Å². The predicted octanol–water partition coefficient (Wildman–Crippen LogP) is 5.07. The largest absolute Gasteiger partial charge is 0.326 e. The van der Waals surface area contributed by atoms with E-state index in [2.05, 4.69) is 32.7 Å². The number of anilines is 1. The average Bonchev–Trinajstić information content (AvgIpc) is 3.48. The Bertz CT molecular complexity index is 1100. The SMILES string of the molecule is O=C(CC1=CSC2=NCCN12)Nc1ccc(-c2csc(-c3ccccc3)n2)cc1. The van der Waals surface area contributed by atoms with Crippen LogP contribution in [-0.2, 0) is 4.79 Å². The van der Waals surface area contributed by atoms with Crippen molar-refractivity contribution in [1.82, 2.24) is 9.88 Å². The molecule has 1 amide bonds. The van der Waals surface area contributed by atoms with Crippen LogP contribution in [0.4, 0.5) is 5.69 Å². The number of amidine groups is 1. The lowest BCUT2D eigenvalue weighted by Crippen LogP contribution is -2.24. The molecule has 0 radical (unpaired) electrons. The van der Waals surface area contributed by atoms with Crippen LogP contribution < -0.4 is 5.32 Å². The van der Waals surface area contributed by atoms with Crippen LogP contribution in [0.3, 0.4) is 0 Å². The van der Waals surface area contributed by atoms with E-state index in [4.69, 9.17) is 4.98 Å². The Kier molecular flexibility index (Phi) is 4.91. The highest BCUT2D eigenvalue weighted by atomic mass is 32.2. The van der Waals surface area contributed by atoms with Crippen LogP contribution in [0.5, 0.6) is 0 Å². The Labute approximate surface area is 177 Å². The lowest BCUT2D eigenvalue weighted by molar-refractivity contribution is -0.115. The summed E-state index contributed by atoms with van der Waals surface area (Å²) in [6.45, 7) is 1.68. The summed E-state index contributed by atoms with van der Waals surface area (Å²) >= 11 is 3.23. The van der Waals surface area contributed by atoms with E-state index >= 15 is 0 Å². The molecule has 2 aliphatic heterocycles. The van der Waals surface area contributed by atoms with Gasteiger partial charge in [-0.25, -0.2) is 4.98 Å². The summed E-state index contributed by atoms with van der Waals surface area (Å²) in [5, 5.41) is 9.09. The molecule has 0 spiro atoms. The molecule has 3 aromatic rings. The van der Waals surface area contributed by atoms with Crippen molar-refractivity contribution in [3.8, 4) is 21.8 Å². The standard InChI is InChI=1S/C22H18N4OS2/c27-20(12-18-13-29-22-23-10-11-26(18)22)24-17-8-6-15(7-9-17)19-14-28-21(25-19)16-4-2-1-3-5-16/h1-9,13-14H,10-12H2,(H,24,27). The topological polar surface area (TPSA) is 57.6 Å². The summed E-state index contributed by atoms with van der Waals surface area (Å²) in [7, 11) is 0. The van der Waals surface area contributed by atoms with Crippen molar-refractivity contribution >= 4 is 39.9 Å². The van der Waals surface area contributed by atoms with Gasteiger partial charge in [-0.15, -0.1) is 11.3 Å². The number of benzene rings is 2. The predicted molar refractivity (Wildman–Crippen MR) is 121 cm³/mol. The van der Waals surface area contributed by atoms with E-state index in [0.29, 0.717) is 6.42 Å². The van der Waals surface area contributed by atoms with Gasteiger partial charge in [-0.3, -0.25) is 9.79 Å². The van der Waals surface area contributed by atoms with Crippen LogP contribution in [0.2, 0.25) is 0 Å². The van der Waals surface area contributed by atoms with Crippen LogP contribution in [0.1, 0.15) is 6.42 Å². The number of amides is 1. The quantitative estimate of drug-likeness (QED) is 0.629. The molecule has 3 heterocycles. The van der Waals surface area contributed by atoms with Crippen LogP contribution in [0.25, 0.3) is 21.8 Å². The Balaban J connectivity index is 1.23. The van der Waals surface area contributed by atoms with Gasteiger partial charge in [0.15, 0.2) is 5.17 Å². The number of aliphatic imine (C=N–C) groups is 1. The fourth-order valence-electron chi connectivity index (χ4n) is 3.33. The maximum Gasteiger partial charge on any atom is 0.230 e. The zero-order valence-corrected chi connectivity index (χ0v) is 17.2. The summed E-state index contributed by atoms with van der Waals surface area (Å²) in [5.74, 6) is -0.0160. The van der Waals surface area contributed by atoms with Crippen molar-refractivity contribution < 1.29 is 4.79 Å². The summed E-state index contributed by atoms with van der Waals surface area (Å²) in [6.07, 6.45) is 0.361. The Hall–Kier alpha value is -2.90. The molecular weight excluding hydrogens is 400 g/mol. The van der Waals surface area contributed by atoms with Crippen molar-refractivity contribution in [3.05, 3.63) is 71.1 Å². The molecule has 2 aliphatic rings. The second-order valence-corrected chi connectivity index (χ2v) is 8.44. The second kappa shape index (κ2) is 7.85. The maximum absolute atomic E-state index is 12.4. The lowest BCUT2D eigenvalue weighted by Gasteiger charge is -2.16. The number of carbonyl (C=O) groups excluding carboxylic acids is 1. The first-order chi connectivity index (χ1) is 14.3. The third kappa shape index (κ3) is 3.83. The van der Waals surface area contributed by atoms with Crippen molar-refractivity contribution in [2.45, 2.75) is 6.42 Å². The molecule has 0 saturated heterocycles. The van der Waals surface area contributed by atoms with E-state index in [1.165, 1.54) is 0 Å². The minimum absolute atomic E-state index is 0.0160. The fraction of sp³-hybridized carbons (Fsp3) is 0.136. The minimum Gasteiger partial charge on any atom is -0.326 e. The molecule has 5 nitrogen and oxygen atoms in total. The molecule has 29 heavy (non-hydrogen) atoms. The first-order valence-corrected chi connectivity index (χ1v) is 11.1. The van der Waals surface area contributed by atoms with Gasteiger partial charge in [0.2, 0.25) is 5.91 Å². The first-order valence-electron chi connectivity index (χ1n) is 9.35. The monoisotopic (exact) mass is 418 g/mol. The summed E-state index contributed by atoms with van der Waals surface area (Å²) < 4.78 is 0. The number of aromatic nitrogens is 1. The second-order valence-electron chi connectivity index (χ2n) is 6.75. The van der Waals surface area contributed by atoms with Gasteiger partial charge in [-0.1, -0.05) is 54.2 Å². The van der Waals surface area contributed by atoms with E-state index in [9.17, 15) is 4.79 Å². The third-order valence-corrected chi connectivity index (χ3v) is 6.62. The van der Waals surface area contributed by atoms with Gasteiger partial charge in [0.1, 0.15) is 5.01 Å². The highest BCUT2D eigenvalue weighted by Gasteiger charge is 2.27. The first kappa shape index (κ1) is 18.1. The highest BCUT2D eigenvalue weighted by molar-refractivity contribution is 8.16. The Morgan fingerprint density at radius 2 is 1.90 bits per heavy atom. The molecule has 1 aromatic heterocycles. The number of nitrogens with zero attached hydrogens (tertiary/aromatic N) is 3. The van der Waals surface area contributed by atoms with E-state index < -0.39 is 0 Å². The molecule has 7 heteroatoms.